The first kappa shape index (κ1) is 12.4. The van der Waals surface area contributed by atoms with Crippen LogP contribution in [0.2, 0.25) is 0 Å². The van der Waals surface area contributed by atoms with Crippen LogP contribution in [-0.2, 0) is 14.4 Å². The van der Waals surface area contributed by atoms with E-state index in [0.29, 0.717) is 12.8 Å². The van der Waals surface area contributed by atoms with Gasteiger partial charge in [-0.2, -0.15) is 0 Å². The number of nitrogens with two attached hydrogens (primary N) is 1. The van der Waals surface area contributed by atoms with Gasteiger partial charge in [-0.25, -0.2) is 5.84 Å². The highest BCUT2D eigenvalue weighted by Gasteiger charge is 2.29. The summed E-state index contributed by atoms with van der Waals surface area (Å²) in [6.07, 6.45) is 3.74. The van der Waals surface area contributed by atoms with E-state index in [0.717, 1.165) is 0 Å². The van der Waals surface area contributed by atoms with Crippen LogP contribution in [0.3, 0.4) is 0 Å². The van der Waals surface area contributed by atoms with Crippen LogP contribution in [-0.4, -0.2) is 28.7 Å². The number of hydrogen-bond donors (Lipinski definition) is 2. The fourth-order valence-electron chi connectivity index (χ4n) is 1.66. The molecule has 1 unspecified atom stereocenters. The van der Waals surface area contributed by atoms with Crippen LogP contribution in [0, 0.1) is 0 Å². The Kier molecular flexibility index (Phi) is 4.19. The maximum atomic E-state index is 11.4. The molecule has 6 heteroatoms. The molecule has 88 valence electrons. The lowest BCUT2D eigenvalue weighted by atomic mass is 10.1. The second-order valence-corrected chi connectivity index (χ2v) is 3.55. The molecule has 6 nitrogen and oxygen atoms in total. The van der Waals surface area contributed by atoms with E-state index in [-0.39, 0.29) is 30.2 Å². The Bertz CT molecular complexity index is 320. The molecule has 0 spiro atoms. The molecule has 16 heavy (non-hydrogen) atoms. The van der Waals surface area contributed by atoms with E-state index in [1.165, 1.54) is 17.1 Å². The second kappa shape index (κ2) is 5.41. The summed E-state index contributed by atoms with van der Waals surface area (Å²) in [5.41, 5.74) is 2.01. The number of carbonyl (C=O) groups is 3. The standard InChI is InChI=1S/C10H15N3O3/c1-2-7(3-4-8(14)12-11)13-9(15)5-6-10(13)16/h5-7H,2-4,11H2,1H3,(H,12,14). The molecule has 1 atom stereocenters. The summed E-state index contributed by atoms with van der Waals surface area (Å²) < 4.78 is 0. The molecule has 0 saturated heterocycles. The first-order valence-corrected chi connectivity index (χ1v) is 5.14. The fourth-order valence-corrected chi connectivity index (χ4v) is 1.66. The molecule has 0 aromatic carbocycles. The Morgan fingerprint density at radius 1 is 1.44 bits per heavy atom. The summed E-state index contributed by atoms with van der Waals surface area (Å²) in [5.74, 6) is 4.02. The van der Waals surface area contributed by atoms with Gasteiger partial charge in [0.05, 0.1) is 0 Å². The maximum Gasteiger partial charge on any atom is 0.253 e. The third kappa shape index (κ3) is 2.66. The number of amides is 3. The predicted octanol–water partition coefficient (Wildman–Crippen LogP) is -0.540. The van der Waals surface area contributed by atoms with Crippen LogP contribution < -0.4 is 11.3 Å². The van der Waals surface area contributed by atoms with Crippen molar-refractivity contribution in [3.05, 3.63) is 12.2 Å². The Morgan fingerprint density at radius 3 is 2.44 bits per heavy atom. The van der Waals surface area contributed by atoms with Gasteiger partial charge in [0.1, 0.15) is 0 Å². The zero-order valence-electron chi connectivity index (χ0n) is 9.10. The largest absolute Gasteiger partial charge is 0.294 e. The zero-order valence-corrected chi connectivity index (χ0v) is 9.10. The van der Waals surface area contributed by atoms with Crippen LogP contribution >= 0.6 is 0 Å². The predicted molar refractivity (Wildman–Crippen MR) is 56.6 cm³/mol. The number of carbonyl (C=O) groups excluding carboxylic acids is 3. The van der Waals surface area contributed by atoms with Gasteiger partial charge in [-0.15, -0.1) is 0 Å². The van der Waals surface area contributed by atoms with Crippen molar-refractivity contribution < 1.29 is 14.4 Å². The molecule has 1 heterocycles. The van der Waals surface area contributed by atoms with Crippen molar-refractivity contribution in [1.29, 1.82) is 0 Å². The molecular formula is C10H15N3O3. The van der Waals surface area contributed by atoms with E-state index in [2.05, 4.69) is 0 Å². The summed E-state index contributed by atoms with van der Waals surface area (Å²) in [6, 6.07) is -0.243. The summed E-state index contributed by atoms with van der Waals surface area (Å²) >= 11 is 0. The average Bonchev–Trinajstić information content (AvgIpc) is 2.61. The summed E-state index contributed by atoms with van der Waals surface area (Å²) in [7, 11) is 0. The molecule has 1 rings (SSSR count). The zero-order chi connectivity index (χ0) is 12.1. The van der Waals surface area contributed by atoms with E-state index in [4.69, 9.17) is 5.84 Å². The van der Waals surface area contributed by atoms with Crippen molar-refractivity contribution in [2.24, 2.45) is 5.84 Å². The average molecular weight is 225 g/mol. The van der Waals surface area contributed by atoms with Crippen molar-refractivity contribution in [2.45, 2.75) is 32.2 Å². The lowest BCUT2D eigenvalue weighted by molar-refractivity contribution is -0.140. The molecule has 0 bridgehead atoms. The van der Waals surface area contributed by atoms with Gasteiger partial charge in [-0.3, -0.25) is 24.7 Å². The molecule has 0 saturated carbocycles. The number of rotatable bonds is 5. The number of hydrogen-bond acceptors (Lipinski definition) is 4. The van der Waals surface area contributed by atoms with Crippen LogP contribution in [0.4, 0.5) is 0 Å². The van der Waals surface area contributed by atoms with Gasteiger partial charge in [0.25, 0.3) is 11.8 Å². The molecule has 0 radical (unpaired) electrons. The van der Waals surface area contributed by atoms with E-state index in [9.17, 15) is 14.4 Å². The molecule has 1 aliphatic rings. The first-order valence-electron chi connectivity index (χ1n) is 5.14. The summed E-state index contributed by atoms with van der Waals surface area (Å²) in [4.78, 5) is 34.9. The number of nitrogens with zero attached hydrogens (tertiary/aromatic N) is 1. The van der Waals surface area contributed by atoms with Crippen molar-refractivity contribution in [1.82, 2.24) is 10.3 Å². The third-order valence-corrected chi connectivity index (χ3v) is 2.55. The lowest BCUT2D eigenvalue weighted by Crippen LogP contribution is -2.40. The maximum absolute atomic E-state index is 11.4. The van der Waals surface area contributed by atoms with Gasteiger partial charge in [-0.1, -0.05) is 6.92 Å². The highest BCUT2D eigenvalue weighted by Crippen LogP contribution is 2.16. The molecule has 1 aliphatic heterocycles. The molecule has 0 aromatic heterocycles. The van der Waals surface area contributed by atoms with Crippen molar-refractivity contribution in [3.63, 3.8) is 0 Å². The molecule has 0 aliphatic carbocycles. The van der Waals surface area contributed by atoms with E-state index < -0.39 is 0 Å². The van der Waals surface area contributed by atoms with Crippen LogP contribution in [0.1, 0.15) is 26.2 Å². The molecule has 3 amide bonds. The molecular weight excluding hydrogens is 210 g/mol. The summed E-state index contributed by atoms with van der Waals surface area (Å²) in [6.45, 7) is 1.86. The Hall–Kier alpha value is -1.69. The van der Waals surface area contributed by atoms with Crippen LogP contribution in [0.15, 0.2) is 12.2 Å². The van der Waals surface area contributed by atoms with Crippen molar-refractivity contribution >= 4 is 17.7 Å². The number of hydrazine groups is 1. The minimum atomic E-state index is -0.315. The van der Waals surface area contributed by atoms with Crippen molar-refractivity contribution in [3.8, 4) is 0 Å². The van der Waals surface area contributed by atoms with Gasteiger partial charge in [-0.05, 0) is 12.8 Å². The SMILES string of the molecule is CCC(CCC(=O)NN)N1C(=O)C=CC1=O. The van der Waals surface area contributed by atoms with Gasteiger partial charge < -0.3 is 0 Å². The third-order valence-electron chi connectivity index (χ3n) is 2.55. The second-order valence-electron chi connectivity index (χ2n) is 3.55. The van der Waals surface area contributed by atoms with Gasteiger partial charge in [0, 0.05) is 24.6 Å². The van der Waals surface area contributed by atoms with Crippen LogP contribution in [0.25, 0.3) is 0 Å². The monoisotopic (exact) mass is 225 g/mol. The Labute approximate surface area is 93.4 Å². The van der Waals surface area contributed by atoms with Crippen molar-refractivity contribution in [2.75, 3.05) is 0 Å². The van der Waals surface area contributed by atoms with Gasteiger partial charge >= 0.3 is 0 Å². The smallest absolute Gasteiger partial charge is 0.253 e. The first-order chi connectivity index (χ1) is 7.60. The molecule has 0 fully saturated rings. The molecule has 0 aromatic rings. The highest BCUT2D eigenvalue weighted by molar-refractivity contribution is 6.13. The number of imide groups is 1. The minimum absolute atomic E-state index is 0.200. The normalized spacial score (nSPS) is 16.8. The Morgan fingerprint density at radius 2 is 2.00 bits per heavy atom. The fraction of sp³-hybridized carbons (Fsp3) is 0.500. The number of nitrogens with one attached hydrogen (secondary N) is 1. The van der Waals surface area contributed by atoms with E-state index in [1.54, 1.807) is 0 Å². The van der Waals surface area contributed by atoms with Crippen LogP contribution in [0.5, 0.6) is 0 Å². The lowest BCUT2D eigenvalue weighted by Gasteiger charge is -2.24. The van der Waals surface area contributed by atoms with Gasteiger partial charge in [0.15, 0.2) is 0 Å². The minimum Gasteiger partial charge on any atom is -0.294 e. The van der Waals surface area contributed by atoms with E-state index in [1.807, 2.05) is 12.3 Å². The van der Waals surface area contributed by atoms with Gasteiger partial charge in [0.2, 0.25) is 5.91 Å². The highest BCUT2D eigenvalue weighted by atomic mass is 16.2. The molecule has 3 N–H and O–H groups in total. The van der Waals surface area contributed by atoms with E-state index >= 15 is 0 Å². The Balaban J connectivity index is 2.57. The summed E-state index contributed by atoms with van der Waals surface area (Å²) in [5, 5.41) is 0. The quantitative estimate of drug-likeness (QED) is 0.284. The topological polar surface area (TPSA) is 92.5 Å².